The van der Waals surface area contributed by atoms with Crippen LogP contribution in [0.2, 0.25) is 0 Å². The van der Waals surface area contributed by atoms with Crippen LogP contribution in [0.1, 0.15) is 18.1 Å². The predicted molar refractivity (Wildman–Crippen MR) is 106 cm³/mol. The van der Waals surface area contributed by atoms with Gasteiger partial charge in [-0.25, -0.2) is 4.79 Å². The molecule has 0 aliphatic carbocycles. The molecule has 0 bridgehead atoms. The van der Waals surface area contributed by atoms with Crippen LogP contribution >= 0.6 is 0 Å². The van der Waals surface area contributed by atoms with Crippen molar-refractivity contribution in [3.8, 4) is 5.75 Å². The molecular formula is C21H27N3O2. The fourth-order valence-electron chi connectivity index (χ4n) is 3.23. The first-order chi connectivity index (χ1) is 12.6. The van der Waals surface area contributed by atoms with Gasteiger partial charge in [0.2, 0.25) is 0 Å². The van der Waals surface area contributed by atoms with E-state index in [9.17, 15) is 4.79 Å². The molecule has 0 atom stereocenters. The summed E-state index contributed by atoms with van der Waals surface area (Å²) < 4.78 is 5.73. The third-order valence-corrected chi connectivity index (χ3v) is 4.92. The van der Waals surface area contributed by atoms with Crippen LogP contribution in [0.4, 0.5) is 16.2 Å². The minimum Gasteiger partial charge on any atom is -0.492 e. The highest BCUT2D eigenvalue weighted by Crippen LogP contribution is 2.29. The molecule has 138 valence electrons. The first kappa shape index (κ1) is 18.1. The van der Waals surface area contributed by atoms with Crippen molar-refractivity contribution in [1.29, 1.82) is 0 Å². The fraction of sp³-hybridized carbons (Fsp3) is 0.381. The number of amides is 2. The van der Waals surface area contributed by atoms with Crippen LogP contribution in [0.25, 0.3) is 0 Å². The Hall–Kier alpha value is -2.69. The van der Waals surface area contributed by atoms with Gasteiger partial charge in [-0.1, -0.05) is 24.3 Å². The van der Waals surface area contributed by atoms with E-state index in [1.165, 1.54) is 5.56 Å². The van der Waals surface area contributed by atoms with Crippen LogP contribution in [0, 0.1) is 13.8 Å². The Balaban J connectivity index is 1.62. The lowest BCUT2D eigenvalue weighted by Crippen LogP contribution is -2.50. The summed E-state index contributed by atoms with van der Waals surface area (Å²) in [7, 11) is 0. The number of anilines is 2. The number of urea groups is 1. The molecule has 1 saturated heterocycles. The van der Waals surface area contributed by atoms with E-state index < -0.39 is 0 Å². The van der Waals surface area contributed by atoms with Crippen molar-refractivity contribution in [3.05, 3.63) is 53.6 Å². The van der Waals surface area contributed by atoms with Crippen molar-refractivity contribution in [1.82, 2.24) is 4.90 Å². The maximum absolute atomic E-state index is 12.6. The summed E-state index contributed by atoms with van der Waals surface area (Å²) in [5.74, 6) is 0.906. The van der Waals surface area contributed by atoms with Gasteiger partial charge in [-0.15, -0.1) is 0 Å². The largest absolute Gasteiger partial charge is 0.492 e. The standard InChI is InChI=1S/C21H27N3O2/c1-4-26-20-11-6-5-10-19(20)23-12-14-24(15-13-23)21(25)22-18-9-7-8-16(2)17(18)3/h5-11H,4,12-15H2,1-3H3,(H,22,25). The van der Waals surface area contributed by atoms with E-state index in [1.807, 2.05) is 49.1 Å². The van der Waals surface area contributed by atoms with Crippen molar-refractivity contribution in [2.45, 2.75) is 20.8 Å². The summed E-state index contributed by atoms with van der Waals surface area (Å²) in [5, 5.41) is 3.05. The minimum absolute atomic E-state index is 0.0311. The molecule has 0 radical (unpaired) electrons. The average molecular weight is 353 g/mol. The number of carbonyl (C=O) groups is 1. The first-order valence-electron chi connectivity index (χ1n) is 9.19. The number of carbonyl (C=O) groups excluding carboxylic acids is 1. The molecule has 1 aliphatic rings. The van der Waals surface area contributed by atoms with Crippen LogP contribution < -0.4 is 15.0 Å². The van der Waals surface area contributed by atoms with Gasteiger partial charge in [-0.05, 0) is 50.1 Å². The molecule has 2 amide bonds. The number of piperazine rings is 1. The second kappa shape index (κ2) is 8.13. The monoisotopic (exact) mass is 353 g/mol. The number of nitrogens with one attached hydrogen (secondary N) is 1. The molecule has 1 aliphatic heterocycles. The van der Waals surface area contributed by atoms with Gasteiger partial charge in [0, 0.05) is 31.9 Å². The van der Waals surface area contributed by atoms with Crippen LogP contribution in [0.3, 0.4) is 0 Å². The molecule has 2 aromatic rings. The molecule has 0 spiro atoms. The maximum atomic E-state index is 12.6. The summed E-state index contributed by atoms with van der Waals surface area (Å²) in [4.78, 5) is 16.8. The molecule has 3 rings (SSSR count). The Bertz CT molecular complexity index is 768. The highest BCUT2D eigenvalue weighted by Gasteiger charge is 2.23. The molecule has 0 saturated carbocycles. The van der Waals surface area contributed by atoms with Gasteiger partial charge in [0.05, 0.1) is 12.3 Å². The van der Waals surface area contributed by atoms with Gasteiger partial charge in [-0.3, -0.25) is 0 Å². The number of nitrogens with zero attached hydrogens (tertiary/aromatic N) is 2. The molecule has 5 nitrogen and oxygen atoms in total. The Labute approximate surface area is 155 Å². The first-order valence-corrected chi connectivity index (χ1v) is 9.19. The lowest BCUT2D eigenvalue weighted by molar-refractivity contribution is 0.208. The number of aryl methyl sites for hydroxylation is 1. The third-order valence-electron chi connectivity index (χ3n) is 4.92. The summed E-state index contributed by atoms with van der Waals surface area (Å²) in [5.41, 5.74) is 4.29. The summed E-state index contributed by atoms with van der Waals surface area (Å²) in [6.45, 7) is 9.71. The number of hydrogen-bond acceptors (Lipinski definition) is 3. The third kappa shape index (κ3) is 3.93. The van der Waals surface area contributed by atoms with Crippen molar-refractivity contribution in [2.24, 2.45) is 0 Å². The second-order valence-electron chi connectivity index (χ2n) is 6.55. The van der Waals surface area contributed by atoms with Crippen LogP contribution in [-0.4, -0.2) is 43.7 Å². The summed E-state index contributed by atoms with van der Waals surface area (Å²) in [6, 6.07) is 14.0. The fourth-order valence-corrected chi connectivity index (χ4v) is 3.23. The van der Waals surface area contributed by atoms with E-state index in [4.69, 9.17) is 4.74 Å². The molecule has 1 heterocycles. The van der Waals surface area contributed by atoms with Gasteiger partial charge >= 0.3 is 6.03 Å². The number of para-hydroxylation sites is 2. The Morgan fingerprint density at radius 3 is 2.50 bits per heavy atom. The van der Waals surface area contributed by atoms with Gasteiger partial charge in [-0.2, -0.15) is 0 Å². The second-order valence-corrected chi connectivity index (χ2v) is 6.55. The molecule has 2 aromatic carbocycles. The molecule has 0 unspecified atom stereocenters. The summed E-state index contributed by atoms with van der Waals surface area (Å²) >= 11 is 0. The van der Waals surface area contributed by atoms with E-state index >= 15 is 0 Å². The van der Waals surface area contributed by atoms with E-state index in [1.54, 1.807) is 0 Å². The molecule has 0 aromatic heterocycles. The van der Waals surface area contributed by atoms with Crippen LogP contribution in [0.5, 0.6) is 5.75 Å². The Morgan fingerprint density at radius 2 is 1.77 bits per heavy atom. The zero-order valence-corrected chi connectivity index (χ0v) is 15.8. The molecule has 26 heavy (non-hydrogen) atoms. The lowest BCUT2D eigenvalue weighted by atomic mass is 10.1. The summed E-state index contributed by atoms with van der Waals surface area (Å²) in [6.07, 6.45) is 0. The van der Waals surface area contributed by atoms with Gasteiger partial charge in [0.25, 0.3) is 0 Å². The molecule has 1 fully saturated rings. The molecule has 5 heteroatoms. The minimum atomic E-state index is -0.0311. The topological polar surface area (TPSA) is 44.8 Å². The van der Waals surface area contributed by atoms with Gasteiger partial charge in [0.1, 0.15) is 5.75 Å². The maximum Gasteiger partial charge on any atom is 0.321 e. The quantitative estimate of drug-likeness (QED) is 0.902. The van der Waals surface area contributed by atoms with Gasteiger partial charge in [0.15, 0.2) is 0 Å². The number of rotatable bonds is 4. The van der Waals surface area contributed by atoms with Gasteiger partial charge < -0.3 is 19.9 Å². The Kier molecular flexibility index (Phi) is 5.66. The smallest absolute Gasteiger partial charge is 0.321 e. The van der Waals surface area contributed by atoms with Crippen molar-refractivity contribution < 1.29 is 9.53 Å². The molecular weight excluding hydrogens is 326 g/mol. The normalized spacial score (nSPS) is 14.3. The van der Waals surface area contributed by atoms with Crippen LogP contribution in [-0.2, 0) is 0 Å². The van der Waals surface area contributed by atoms with E-state index in [-0.39, 0.29) is 6.03 Å². The van der Waals surface area contributed by atoms with E-state index in [0.717, 1.165) is 35.8 Å². The number of benzene rings is 2. The van der Waals surface area contributed by atoms with Crippen LogP contribution in [0.15, 0.2) is 42.5 Å². The van der Waals surface area contributed by atoms with E-state index in [2.05, 4.69) is 29.3 Å². The SMILES string of the molecule is CCOc1ccccc1N1CCN(C(=O)Nc2cccc(C)c2C)CC1. The van der Waals surface area contributed by atoms with Crippen molar-refractivity contribution in [2.75, 3.05) is 43.0 Å². The zero-order chi connectivity index (χ0) is 18.5. The predicted octanol–water partition coefficient (Wildman–Crippen LogP) is 4.06. The number of hydrogen-bond donors (Lipinski definition) is 1. The zero-order valence-electron chi connectivity index (χ0n) is 15.8. The van der Waals surface area contributed by atoms with E-state index in [0.29, 0.717) is 19.7 Å². The Morgan fingerprint density at radius 1 is 1.04 bits per heavy atom. The lowest BCUT2D eigenvalue weighted by Gasteiger charge is -2.36. The highest BCUT2D eigenvalue weighted by molar-refractivity contribution is 5.90. The number of ether oxygens (including phenoxy) is 1. The highest BCUT2D eigenvalue weighted by atomic mass is 16.5. The van der Waals surface area contributed by atoms with Crippen molar-refractivity contribution >= 4 is 17.4 Å². The van der Waals surface area contributed by atoms with Crippen molar-refractivity contribution in [3.63, 3.8) is 0 Å². The molecule has 1 N–H and O–H groups in total. The average Bonchev–Trinajstić information content (AvgIpc) is 2.66.